The van der Waals surface area contributed by atoms with Crippen molar-refractivity contribution in [1.82, 2.24) is 4.98 Å². The van der Waals surface area contributed by atoms with Crippen LogP contribution >= 0.6 is 0 Å². The van der Waals surface area contributed by atoms with Crippen molar-refractivity contribution in [1.29, 1.82) is 0 Å². The highest BCUT2D eigenvalue weighted by Gasteiger charge is 2.34. The maximum Gasteiger partial charge on any atom is 0.145 e. The van der Waals surface area contributed by atoms with Crippen LogP contribution in [0.4, 0.5) is 0 Å². The van der Waals surface area contributed by atoms with Crippen LogP contribution in [0.5, 0.6) is 0 Å². The Balaban J connectivity index is 0.000000171. The topological polar surface area (TPSA) is 99.5 Å². The third-order valence-electron chi connectivity index (χ3n) is 5.72. The summed E-state index contributed by atoms with van der Waals surface area (Å²) in [6, 6.07) is 13.2. The lowest BCUT2D eigenvalue weighted by Gasteiger charge is -2.29. The van der Waals surface area contributed by atoms with Crippen LogP contribution < -0.4 is 0 Å². The van der Waals surface area contributed by atoms with E-state index in [0.717, 1.165) is 61.2 Å². The van der Waals surface area contributed by atoms with Crippen LogP contribution in [0.1, 0.15) is 61.9 Å². The van der Waals surface area contributed by atoms with Crippen LogP contribution in [0.25, 0.3) is 0 Å². The van der Waals surface area contributed by atoms with Crippen molar-refractivity contribution < 1.29 is 19.3 Å². The second-order valence-corrected chi connectivity index (χ2v) is 11.4. The summed E-state index contributed by atoms with van der Waals surface area (Å²) in [6.45, 7) is 0. The minimum Gasteiger partial charge on any atom is -0.616 e. The largest absolute Gasteiger partial charge is 0.616 e. The number of hydrogen-bond donors (Lipinski definition) is 2. The minimum absolute atomic E-state index is 0.0684. The van der Waals surface area contributed by atoms with E-state index in [-0.39, 0.29) is 10.5 Å². The molecule has 164 valence electrons. The fourth-order valence-corrected chi connectivity index (χ4v) is 7.31. The van der Waals surface area contributed by atoms with Crippen LogP contribution in [0, 0.1) is 0 Å². The molecule has 0 amide bonds. The third-order valence-corrected chi connectivity index (χ3v) is 9.43. The minimum atomic E-state index is -0.886. The Hall–Kier alpha value is -1.09. The predicted molar refractivity (Wildman–Crippen MR) is 122 cm³/mol. The normalized spacial score (nSPS) is 28.7. The third kappa shape index (κ3) is 6.45. The molecule has 2 aliphatic rings. The van der Waals surface area contributed by atoms with Gasteiger partial charge < -0.3 is 19.3 Å². The second-order valence-electron chi connectivity index (χ2n) is 7.82. The molecular formula is C23H31NO4S2. The predicted octanol–water partition coefficient (Wildman–Crippen LogP) is 3.44. The van der Waals surface area contributed by atoms with E-state index in [0.29, 0.717) is 0 Å². The Labute approximate surface area is 185 Å². The molecule has 1 aromatic heterocycles. The molecule has 6 atom stereocenters. The Morgan fingerprint density at radius 3 is 1.80 bits per heavy atom. The van der Waals surface area contributed by atoms with Crippen molar-refractivity contribution in [3.63, 3.8) is 0 Å². The maximum atomic E-state index is 11.8. The Morgan fingerprint density at radius 1 is 0.767 bits per heavy atom. The maximum absolute atomic E-state index is 11.8. The molecule has 2 aliphatic heterocycles. The Kier molecular flexibility index (Phi) is 9.49. The molecule has 5 nitrogen and oxygen atoms in total. The van der Waals surface area contributed by atoms with E-state index in [4.69, 9.17) is 0 Å². The van der Waals surface area contributed by atoms with Crippen LogP contribution in [0.15, 0.2) is 54.9 Å². The number of aliphatic hydroxyl groups excluding tert-OH is 2. The van der Waals surface area contributed by atoms with Gasteiger partial charge >= 0.3 is 0 Å². The SMILES string of the molecule is [O-][S+]1CCCCC1C(O)c1ccccc1.[O-][S+]1CCCCC1C(O)c1cccnc1. The number of aliphatic hydroxyl groups is 2. The van der Waals surface area contributed by atoms with E-state index >= 15 is 0 Å². The first-order chi connectivity index (χ1) is 14.6. The van der Waals surface area contributed by atoms with Crippen molar-refractivity contribution in [3.05, 3.63) is 66.0 Å². The van der Waals surface area contributed by atoms with Gasteiger partial charge in [0.25, 0.3) is 0 Å². The number of aromatic nitrogens is 1. The molecule has 0 bridgehead atoms. The highest BCUT2D eigenvalue weighted by molar-refractivity contribution is 7.92. The summed E-state index contributed by atoms with van der Waals surface area (Å²) in [5.74, 6) is 1.47. The molecule has 2 aromatic rings. The number of rotatable bonds is 4. The van der Waals surface area contributed by atoms with Crippen molar-refractivity contribution in [3.8, 4) is 0 Å². The van der Waals surface area contributed by atoms with E-state index in [2.05, 4.69) is 4.98 Å². The van der Waals surface area contributed by atoms with E-state index < -0.39 is 34.6 Å². The fourth-order valence-electron chi connectivity index (χ4n) is 3.98. The van der Waals surface area contributed by atoms with Gasteiger partial charge in [-0.1, -0.05) is 36.4 Å². The number of nitrogens with zero attached hydrogens (tertiary/aromatic N) is 1. The van der Waals surface area contributed by atoms with Crippen molar-refractivity contribution >= 4 is 22.4 Å². The second kappa shape index (κ2) is 12.1. The highest BCUT2D eigenvalue weighted by Crippen LogP contribution is 2.31. The standard InChI is InChI=1S/C12H16O2S.C11H15NO2S/c13-12(10-6-2-1-3-7-10)11-8-4-5-9-15(11)14;13-11(9-4-3-6-12-8-9)10-5-1-2-7-15(10)14/h1-3,6-7,11-13H,4-5,8-9H2;3-4,6,8,10-11,13H,1-2,5,7H2. The van der Waals surface area contributed by atoms with E-state index in [9.17, 15) is 19.3 Å². The summed E-state index contributed by atoms with van der Waals surface area (Å²) in [4.78, 5) is 3.97. The van der Waals surface area contributed by atoms with Gasteiger partial charge in [0.2, 0.25) is 0 Å². The average molecular weight is 450 g/mol. The van der Waals surface area contributed by atoms with Gasteiger partial charge in [-0.25, -0.2) is 0 Å². The van der Waals surface area contributed by atoms with Gasteiger partial charge in [0.15, 0.2) is 0 Å². The van der Waals surface area contributed by atoms with Gasteiger partial charge in [-0.05, 0) is 72.5 Å². The van der Waals surface area contributed by atoms with Crippen LogP contribution in [-0.2, 0) is 22.4 Å². The van der Waals surface area contributed by atoms with Gasteiger partial charge in [0, 0.05) is 18.0 Å². The van der Waals surface area contributed by atoms with Crippen LogP contribution in [0.2, 0.25) is 0 Å². The van der Waals surface area contributed by atoms with Crippen LogP contribution in [0.3, 0.4) is 0 Å². The summed E-state index contributed by atoms with van der Waals surface area (Å²) in [5, 5.41) is 20.0. The summed E-state index contributed by atoms with van der Waals surface area (Å²) in [7, 11) is 0. The van der Waals surface area contributed by atoms with E-state index in [1.54, 1.807) is 18.5 Å². The summed E-state index contributed by atoms with van der Waals surface area (Å²) < 4.78 is 23.5. The van der Waals surface area contributed by atoms with Gasteiger partial charge in [-0.2, -0.15) is 0 Å². The molecule has 3 heterocycles. The highest BCUT2D eigenvalue weighted by atomic mass is 32.2. The van der Waals surface area contributed by atoms with Crippen LogP contribution in [-0.4, -0.2) is 46.3 Å². The van der Waals surface area contributed by atoms with Crippen molar-refractivity contribution in [2.45, 2.75) is 61.2 Å². The van der Waals surface area contributed by atoms with Gasteiger partial charge in [0.1, 0.15) is 34.2 Å². The lowest BCUT2D eigenvalue weighted by atomic mass is 10.0. The molecular weight excluding hydrogens is 418 g/mol. The first-order valence-electron chi connectivity index (χ1n) is 10.6. The van der Waals surface area contributed by atoms with E-state index in [1.807, 2.05) is 36.4 Å². The Bertz CT molecular complexity index is 673. The zero-order chi connectivity index (χ0) is 21.3. The summed E-state index contributed by atoms with van der Waals surface area (Å²) in [5.41, 5.74) is 1.66. The molecule has 30 heavy (non-hydrogen) atoms. The lowest BCUT2D eigenvalue weighted by molar-refractivity contribution is 0.163. The Morgan fingerprint density at radius 2 is 1.30 bits per heavy atom. The molecule has 6 unspecified atom stereocenters. The molecule has 4 rings (SSSR count). The summed E-state index contributed by atoms with van der Waals surface area (Å²) in [6.07, 6.45) is 8.06. The van der Waals surface area contributed by atoms with Gasteiger partial charge in [-0.15, -0.1) is 0 Å². The van der Waals surface area contributed by atoms with Crippen molar-refractivity contribution in [2.24, 2.45) is 0 Å². The molecule has 7 heteroatoms. The molecule has 0 spiro atoms. The van der Waals surface area contributed by atoms with Gasteiger partial charge in [0.05, 0.1) is 0 Å². The first-order valence-corrected chi connectivity index (χ1v) is 13.4. The molecule has 2 saturated heterocycles. The zero-order valence-electron chi connectivity index (χ0n) is 17.1. The average Bonchev–Trinajstić information content (AvgIpc) is 2.80. The molecule has 0 saturated carbocycles. The van der Waals surface area contributed by atoms with E-state index in [1.165, 1.54) is 0 Å². The molecule has 2 N–H and O–H groups in total. The van der Waals surface area contributed by atoms with Crippen molar-refractivity contribution in [2.75, 3.05) is 11.5 Å². The molecule has 2 fully saturated rings. The number of pyridine rings is 1. The quantitative estimate of drug-likeness (QED) is 0.697. The first kappa shape index (κ1) is 23.6. The molecule has 0 radical (unpaired) electrons. The van der Waals surface area contributed by atoms with Gasteiger partial charge in [-0.3, -0.25) is 4.98 Å². The fraction of sp³-hybridized carbons (Fsp3) is 0.522. The monoisotopic (exact) mass is 449 g/mol. The lowest BCUT2D eigenvalue weighted by Crippen LogP contribution is -2.33. The zero-order valence-corrected chi connectivity index (χ0v) is 18.8. The molecule has 1 aromatic carbocycles. The molecule has 0 aliphatic carbocycles. The summed E-state index contributed by atoms with van der Waals surface area (Å²) >= 11 is -1.74. The number of benzene rings is 1. The number of hydrogen-bond acceptors (Lipinski definition) is 5. The smallest absolute Gasteiger partial charge is 0.145 e.